The van der Waals surface area contributed by atoms with E-state index in [4.69, 9.17) is 11.6 Å². The fourth-order valence-electron chi connectivity index (χ4n) is 2.80. The van der Waals surface area contributed by atoms with Crippen molar-refractivity contribution in [1.29, 1.82) is 0 Å². The third-order valence-electron chi connectivity index (χ3n) is 4.30. The first-order valence-corrected chi connectivity index (χ1v) is 8.93. The molecular weight excluding hydrogens is 344 g/mol. The van der Waals surface area contributed by atoms with Crippen LogP contribution in [0.15, 0.2) is 84.9 Å². The van der Waals surface area contributed by atoms with Crippen molar-refractivity contribution >= 4 is 23.3 Å². The van der Waals surface area contributed by atoms with Crippen LogP contribution in [0.1, 0.15) is 24.1 Å². The molecule has 4 heteroatoms. The van der Waals surface area contributed by atoms with E-state index in [2.05, 4.69) is 5.32 Å². The summed E-state index contributed by atoms with van der Waals surface area (Å²) in [5, 5.41) is 3.67. The number of anilines is 1. The van der Waals surface area contributed by atoms with Gasteiger partial charge in [-0.3, -0.25) is 0 Å². The number of hydrogen-bond acceptors (Lipinski definition) is 1. The molecule has 0 fully saturated rings. The molecule has 0 saturated heterocycles. The lowest BCUT2D eigenvalue weighted by atomic mass is 10.1. The molecule has 3 aromatic rings. The third kappa shape index (κ3) is 4.64. The first-order chi connectivity index (χ1) is 12.6. The number of amides is 2. The van der Waals surface area contributed by atoms with Gasteiger partial charge < -0.3 is 10.2 Å². The zero-order valence-corrected chi connectivity index (χ0v) is 15.4. The predicted molar refractivity (Wildman–Crippen MR) is 107 cm³/mol. The van der Waals surface area contributed by atoms with E-state index in [1.807, 2.05) is 96.8 Å². The number of para-hydroxylation sites is 1. The second-order valence-corrected chi connectivity index (χ2v) is 6.57. The molecule has 0 aliphatic rings. The third-order valence-corrected chi connectivity index (χ3v) is 4.55. The van der Waals surface area contributed by atoms with Crippen molar-refractivity contribution in [1.82, 2.24) is 4.90 Å². The lowest BCUT2D eigenvalue weighted by Gasteiger charge is -2.30. The lowest BCUT2D eigenvalue weighted by Crippen LogP contribution is -2.36. The van der Waals surface area contributed by atoms with Gasteiger partial charge in [-0.15, -0.1) is 0 Å². The summed E-state index contributed by atoms with van der Waals surface area (Å²) in [6, 6.07) is 26.9. The van der Waals surface area contributed by atoms with Crippen LogP contribution in [-0.4, -0.2) is 10.9 Å². The zero-order valence-electron chi connectivity index (χ0n) is 14.6. The highest BCUT2D eigenvalue weighted by Crippen LogP contribution is 2.24. The molecule has 0 saturated carbocycles. The van der Waals surface area contributed by atoms with Crippen molar-refractivity contribution in [2.75, 3.05) is 5.32 Å². The topological polar surface area (TPSA) is 32.3 Å². The van der Waals surface area contributed by atoms with Crippen molar-refractivity contribution in [3.63, 3.8) is 0 Å². The lowest BCUT2D eigenvalue weighted by molar-refractivity contribution is 0.189. The summed E-state index contributed by atoms with van der Waals surface area (Å²) in [4.78, 5) is 14.8. The average molecular weight is 365 g/mol. The first-order valence-electron chi connectivity index (χ1n) is 8.55. The van der Waals surface area contributed by atoms with E-state index < -0.39 is 0 Å². The molecule has 0 aliphatic heterocycles. The van der Waals surface area contributed by atoms with Gasteiger partial charge in [-0.1, -0.05) is 72.3 Å². The molecule has 26 heavy (non-hydrogen) atoms. The molecule has 0 bridgehead atoms. The molecule has 0 aromatic heterocycles. The Balaban J connectivity index is 1.85. The highest BCUT2D eigenvalue weighted by atomic mass is 35.5. The average Bonchev–Trinajstić information content (AvgIpc) is 2.68. The van der Waals surface area contributed by atoms with Crippen LogP contribution in [-0.2, 0) is 6.54 Å². The fourth-order valence-corrected chi connectivity index (χ4v) is 2.93. The van der Waals surface area contributed by atoms with Gasteiger partial charge in [0.2, 0.25) is 0 Å². The minimum Gasteiger partial charge on any atom is -0.313 e. The van der Waals surface area contributed by atoms with Gasteiger partial charge in [0.05, 0.1) is 6.04 Å². The molecule has 0 spiro atoms. The second kappa shape index (κ2) is 8.54. The molecule has 3 rings (SSSR count). The highest BCUT2D eigenvalue weighted by Gasteiger charge is 2.22. The summed E-state index contributed by atoms with van der Waals surface area (Å²) in [5.74, 6) is 0. The zero-order chi connectivity index (χ0) is 18.4. The van der Waals surface area contributed by atoms with E-state index in [1.54, 1.807) is 0 Å². The fraction of sp³-hybridized carbons (Fsp3) is 0.136. The number of halogens is 1. The van der Waals surface area contributed by atoms with Gasteiger partial charge in [-0.25, -0.2) is 4.79 Å². The van der Waals surface area contributed by atoms with Gasteiger partial charge in [0, 0.05) is 17.3 Å². The Morgan fingerprint density at radius 3 is 2.12 bits per heavy atom. The summed E-state index contributed by atoms with van der Waals surface area (Å²) in [6.45, 7) is 2.53. The highest BCUT2D eigenvalue weighted by molar-refractivity contribution is 6.30. The van der Waals surface area contributed by atoms with Gasteiger partial charge in [-0.05, 0) is 42.3 Å². The Hall–Kier alpha value is -2.78. The summed E-state index contributed by atoms with van der Waals surface area (Å²) in [7, 11) is 0. The maximum atomic E-state index is 13.0. The molecule has 0 aliphatic carbocycles. The van der Waals surface area contributed by atoms with E-state index in [9.17, 15) is 4.79 Å². The van der Waals surface area contributed by atoms with Crippen LogP contribution in [0.5, 0.6) is 0 Å². The normalized spacial score (nSPS) is 11.6. The van der Waals surface area contributed by atoms with E-state index >= 15 is 0 Å². The van der Waals surface area contributed by atoms with E-state index in [-0.39, 0.29) is 12.1 Å². The summed E-state index contributed by atoms with van der Waals surface area (Å²) in [6.07, 6.45) is 0. The van der Waals surface area contributed by atoms with Crippen LogP contribution in [0, 0.1) is 0 Å². The maximum absolute atomic E-state index is 13.0. The largest absolute Gasteiger partial charge is 0.322 e. The van der Waals surface area contributed by atoms with Crippen LogP contribution in [0.3, 0.4) is 0 Å². The molecule has 0 heterocycles. The number of benzene rings is 3. The number of carbonyl (C=O) groups is 1. The van der Waals surface area contributed by atoms with Gasteiger partial charge in [0.25, 0.3) is 0 Å². The quantitative estimate of drug-likeness (QED) is 0.579. The molecule has 1 N–H and O–H groups in total. The summed E-state index contributed by atoms with van der Waals surface area (Å²) >= 11 is 5.98. The number of nitrogens with zero attached hydrogens (tertiary/aromatic N) is 1. The summed E-state index contributed by atoms with van der Waals surface area (Å²) in [5.41, 5.74) is 2.89. The van der Waals surface area contributed by atoms with Gasteiger partial charge in [0.1, 0.15) is 0 Å². The molecule has 132 valence electrons. The maximum Gasteiger partial charge on any atom is 0.322 e. The monoisotopic (exact) mass is 364 g/mol. The number of carbonyl (C=O) groups excluding carboxylic acids is 1. The number of urea groups is 1. The Bertz CT molecular complexity index is 835. The Morgan fingerprint density at radius 2 is 1.50 bits per heavy atom. The number of nitrogens with one attached hydrogen (secondary N) is 1. The van der Waals surface area contributed by atoms with Crippen LogP contribution >= 0.6 is 11.6 Å². The second-order valence-electron chi connectivity index (χ2n) is 6.14. The minimum atomic E-state index is -0.137. The van der Waals surface area contributed by atoms with Crippen molar-refractivity contribution in [2.24, 2.45) is 0 Å². The molecule has 1 atom stereocenters. The first kappa shape index (κ1) is 18.0. The van der Waals surface area contributed by atoms with Crippen LogP contribution in [0.2, 0.25) is 5.02 Å². The van der Waals surface area contributed by atoms with Gasteiger partial charge >= 0.3 is 6.03 Å². The molecule has 3 aromatic carbocycles. The molecular formula is C22H21ClN2O. The van der Waals surface area contributed by atoms with Crippen molar-refractivity contribution in [3.8, 4) is 0 Å². The predicted octanol–water partition coefficient (Wildman–Crippen LogP) is 6.14. The van der Waals surface area contributed by atoms with Gasteiger partial charge in [0.15, 0.2) is 0 Å². The smallest absolute Gasteiger partial charge is 0.313 e. The van der Waals surface area contributed by atoms with Crippen LogP contribution in [0.4, 0.5) is 10.5 Å². The van der Waals surface area contributed by atoms with Gasteiger partial charge in [-0.2, -0.15) is 0 Å². The Morgan fingerprint density at radius 1 is 0.923 bits per heavy atom. The minimum absolute atomic E-state index is 0.0735. The number of hydrogen-bond donors (Lipinski definition) is 1. The van der Waals surface area contributed by atoms with Crippen molar-refractivity contribution in [2.45, 2.75) is 19.5 Å². The van der Waals surface area contributed by atoms with Crippen molar-refractivity contribution < 1.29 is 4.79 Å². The molecule has 0 radical (unpaired) electrons. The standard InChI is InChI=1S/C22H21ClN2O/c1-17(19-8-4-2-5-9-19)25(16-18-12-14-20(23)15-13-18)22(26)24-21-10-6-3-7-11-21/h2-15,17H,16H2,1H3,(H,24,26)/t17-/m0/s1. The molecule has 0 unspecified atom stereocenters. The van der Waals surface area contributed by atoms with Crippen LogP contribution in [0.25, 0.3) is 0 Å². The molecule has 3 nitrogen and oxygen atoms in total. The SMILES string of the molecule is C[C@@H](c1ccccc1)N(Cc1ccc(Cl)cc1)C(=O)Nc1ccccc1. The number of rotatable bonds is 5. The Labute approximate surface area is 159 Å². The molecule has 2 amide bonds. The Kier molecular flexibility index (Phi) is 5.92. The summed E-state index contributed by atoms with van der Waals surface area (Å²) < 4.78 is 0. The van der Waals surface area contributed by atoms with E-state index in [1.165, 1.54) is 0 Å². The van der Waals surface area contributed by atoms with E-state index in [0.29, 0.717) is 11.6 Å². The van der Waals surface area contributed by atoms with Crippen molar-refractivity contribution in [3.05, 3.63) is 101 Å². The van der Waals surface area contributed by atoms with Crippen LogP contribution < -0.4 is 5.32 Å². The van der Waals surface area contributed by atoms with E-state index in [0.717, 1.165) is 16.8 Å².